The third-order valence-corrected chi connectivity index (χ3v) is 2.18. The first-order valence-corrected chi connectivity index (χ1v) is 5.23. The number of rotatable bonds is 6. The Labute approximate surface area is 98.8 Å². The summed E-state index contributed by atoms with van der Waals surface area (Å²) < 4.78 is 0. The van der Waals surface area contributed by atoms with Crippen LogP contribution in [0.5, 0.6) is 0 Å². The maximum Gasteiger partial charge on any atom is 0.320 e. The van der Waals surface area contributed by atoms with Crippen LogP contribution in [-0.4, -0.2) is 34.6 Å². The minimum Gasteiger partial charge on any atom is -0.480 e. The number of pyridine rings is 1. The predicted molar refractivity (Wildman–Crippen MR) is 61.2 cm³/mol. The Morgan fingerprint density at radius 3 is 2.88 bits per heavy atom. The van der Waals surface area contributed by atoms with E-state index in [1.165, 1.54) is 0 Å². The number of nitrogens with zero attached hydrogens (tertiary/aromatic N) is 1. The lowest BCUT2D eigenvalue weighted by molar-refractivity contribution is -0.138. The number of hydrogen-bond acceptors (Lipinski definition) is 4. The van der Waals surface area contributed by atoms with Crippen LogP contribution in [0, 0.1) is 0 Å². The zero-order valence-electron chi connectivity index (χ0n) is 9.30. The van der Waals surface area contributed by atoms with Crippen LogP contribution in [0.3, 0.4) is 0 Å². The monoisotopic (exact) mass is 237 g/mol. The molecule has 1 amide bonds. The number of aliphatic carboxylic acids is 1. The van der Waals surface area contributed by atoms with Gasteiger partial charge in [-0.05, 0) is 18.1 Å². The number of amides is 1. The van der Waals surface area contributed by atoms with Gasteiger partial charge in [0, 0.05) is 18.9 Å². The van der Waals surface area contributed by atoms with Crippen LogP contribution in [-0.2, 0) is 16.0 Å². The third-order valence-electron chi connectivity index (χ3n) is 2.18. The highest BCUT2D eigenvalue weighted by atomic mass is 16.4. The average molecular weight is 237 g/mol. The summed E-state index contributed by atoms with van der Waals surface area (Å²) in [5.41, 5.74) is 6.11. The minimum atomic E-state index is -1.06. The van der Waals surface area contributed by atoms with Gasteiger partial charge in [0.2, 0.25) is 5.91 Å². The number of carbonyl (C=O) groups is 2. The highest BCUT2D eigenvalue weighted by molar-refractivity contribution is 5.78. The van der Waals surface area contributed by atoms with E-state index in [0.717, 1.165) is 5.56 Å². The van der Waals surface area contributed by atoms with Crippen molar-refractivity contribution in [3.63, 3.8) is 0 Å². The second-order valence-electron chi connectivity index (χ2n) is 3.62. The van der Waals surface area contributed by atoms with E-state index in [-0.39, 0.29) is 25.3 Å². The van der Waals surface area contributed by atoms with Gasteiger partial charge < -0.3 is 16.2 Å². The molecule has 1 heterocycles. The first-order valence-electron chi connectivity index (χ1n) is 5.23. The topological polar surface area (TPSA) is 105 Å². The van der Waals surface area contributed by atoms with Crippen LogP contribution >= 0.6 is 0 Å². The highest BCUT2D eigenvalue weighted by Gasteiger charge is 2.11. The Balaban J connectivity index is 2.25. The standard InChI is InChI=1S/C11H15N3O3/c12-9(11(16)17)3-5-14-10(15)6-8-2-1-4-13-7-8/h1-2,4,7,9H,3,5-6,12H2,(H,14,15)(H,16,17)/t9-/m0/s1. The predicted octanol–water partition coefficient (Wildman–Crippen LogP) is -0.458. The Morgan fingerprint density at radius 1 is 1.53 bits per heavy atom. The van der Waals surface area contributed by atoms with Crippen LogP contribution in [0.2, 0.25) is 0 Å². The zero-order valence-corrected chi connectivity index (χ0v) is 9.30. The van der Waals surface area contributed by atoms with Crippen molar-refractivity contribution < 1.29 is 14.7 Å². The van der Waals surface area contributed by atoms with Gasteiger partial charge in [0.05, 0.1) is 6.42 Å². The minimum absolute atomic E-state index is 0.171. The summed E-state index contributed by atoms with van der Waals surface area (Å²) in [5.74, 6) is -1.23. The lowest BCUT2D eigenvalue weighted by atomic mass is 10.2. The summed E-state index contributed by atoms with van der Waals surface area (Å²) in [4.78, 5) is 25.7. The summed E-state index contributed by atoms with van der Waals surface area (Å²) >= 11 is 0. The van der Waals surface area contributed by atoms with E-state index in [0.29, 0.717) is 0 Å². The van der Waals surface area contributed by atoms with Gasteiger partial charge in [-0.15, -0.1) is 0 Å². The van der Waals surface area contributed by atoms with Gasteiger partial charge in [-0.1, -0.05) is 6.07 Å². The molecule has 1 aromatic heterocycles. The van der Waals surface area contributed by atoms with E-state index < -0.39 is 12.0 Å². The highest BCUT2D eigenvalue weighted by Crippen LogP contribution is 1.96. The Kier molecular flexibility index (Phi) is 5.09. The first kappa shape index (κ1) is 13.1. The molecule has 17 heavy (non-hydrogen) atoms. The van der Waals surface area contributed by atoms with Crippen LogP contribution in [0.25, 0.3) is 0 Å². The summed E-state index contributed by atoms with van der Waals surface area (Å²) in [7, 11) is 0. The second kappa shape index (κ2) is 6.59. The fourth-order valence-electron chi connectivity index (χ4n) is 1.24. The summed E-state index contributed by atoms with van der Waals surface area (Å²) in [6.07, 6.45) is 3.69. The third kappa shape index (κ3) is 5.07. The lowest BCUT2D eigenvalue weighted by Gasteiger charge is -2.07. The molecule has 0 spiro atoms. The van der Waals surface area contributed by atoms with Crippen molar-refractivity contribution in [1.82, 2.24) is 10.3 Å². The zero-order chi connectivity index (χ0) is 12.7. The number of carboxylic acid groups (broad SMARTS) is 1. The number of hydrogen-bond donors (Lipinski definition) is 3. The van der Waals surface area contributed by atoms with Gasteiger partial charge in [-0.2, -0.15) is 0 Å². The lowest BCUT2D eigenvalue weighted by Crippen LogP contribution is -2.35. The van der Waals surface area contributed by atoms with Gasteiger partial charge in [0.15, 0.2) is 0 Å². The molecule has 0 bridgehead atoms. The SMILES string of the molecule is N[C@@H](CCNC(=O)Cc1cccnc1)C(=O)O. The van der Waals surface area contributed by atoms with Crippen molar-refractivity contribution in [2.24, 2.45) is 5.73 Å². The molecule has 0 saturated carbocycles. The number of carboxylic acids is 1. The van der Waals surface area contributed by atoms with E-state index in [2.05, 4.69) is 10.3 Å². The van der Waals surface area contributed by atoms with Crippen molar-refractivity contribution in [1.29, 1.82) is 0 Å². The van der Waals surface area contributed by atoms with Crippen LogP contribution in [0.1, 0.15) is 12.0 Å². The molecule has 0 aliphatic rings. The van der Waals surface area contributed by atoms with Crippen LogP contribution in [0.15, 0.2) is 24.5 Å². The maximum atomic E-state index is 11.4. The van der Waals surface area contributed by atoms with Crippen molar-refractivity contribution in [3.05, 3.63) is 30.1 Å². The molecule has 4 N–H and O–H groups in total. The molecule has 0 fully saturated rings. The van der Waals surface area contributed by atoms with Gasteiger partial charge in [0.1, 0.15) is 6.04 Å². The molecule has 0 unspecified atom stereocenters. The number of nitrogens with two attached hydrogens (primary N) is 1. The second-order valence-corrected chi connectivity index (χ2v) is 3.62. The number of nitrogens with one attached hydrogen (secondary N) is 1. The summed E-state index contributed by atoms with van der Waals surface area (Å²) in [6, 6.07) is 2.62. The fraction of sp³-hybridized carbons (Fsp3) is 0.364. The fourth-order valence-corrected chi connectivity index (χ4v) is 1.24. The molecule has 0 aliphatic heterocycles. The van der Waals surface area contributed by atoms with Crippen molar-refractivity contribution in [3.8, 4) is 0 Å². The molecule has 92 valence electrons. The van der Waals surface area contributed by atoms with Crippen LogP contribution in [0.4, 0.5) is 0 Å². The van der Waals surface area contributed by atoms with E-state index in [1.807, 2.05) is 0 Å². The largest absolute Gasteiger partial charge is 0.480 e. The van der Waals surface area contributed by atoms with Gasteiger partial charge in [0.25, 0.3) is 0 Å². The first-order chi connectivity index (χ1) is 8.09. The quantitative estimate of drug-likeness (QED) is 0.621. The summed E-state index contributed by atoms with van der Waals surface area (Å²) in [5, 5.41) is 11.1. The molecule has 1 atom stereocenters. The Hall–Kier alpha value is -1.95. The molecule has 6 nitrogen and oxygen atoms in total. The van der Waals surface area contributed by atoms with Gasteiger partial charge >= 0.3 is 5.97 Å². The number of carbonyl (C=O) groups excluding carboxylic acids is 1. The van der Waals surface area contributed by atoms with Crippen molar-refractivity contribution in [2.45, 2.75) is 18.9 Å². The normalized spacial score (nSPS) is 11.8. The molecule has 0 aromatic carbocycles. The summed E-state index contributed by atoms with van der Waals surface area (Å²) in [6.45, 7) is 0.257. The van der Waals surface area contributed by atoms with E-state index in [1.54, 1.807) is 24.5 Å². The van der Waals surface area contributed by atoms with Gasteiger partial charge in [-0.3, -0.25) is 14.6 Å². The maximum absolute atomic E-state index is 11.4. The molecule has 6 heteroatoms. The van der Waals surface area contributed by atoms with Crippen LogP contribution < -0.4 is 11.1 Å². The smallest absolute Gasteiger partial charge is 0.320 e. The Bertz CT molecular complexity index is 381. The number of aromatic nitrogens is 1. The van der Waals surface area contributed by atoms with Crippen molar-refractivity contribution >= 4 is 11.9 Å². The molecule has 1 aromatic rings. The Morgan fingerprint density at radius 2 is 2.29 bits per heavy atom. The molecule has 0 radical (unpaired) electrons. The molecule has 0 saturated heterocycles. The van der Waals surface area contributed by atoms with E-state index in [9.17, 15) is 9.59 Å². The average Bonchev–Trinajstić information content (AvgIpc) is 2.30. The van der Waals surface area contributed by atoms with Gasteiger partial charge in [-0.25, -0.2) is 0 Å². The molecule has 1 rings (SSSR count). The molecule has 0 aliphatic carbocycles. The molecular formula is C11H15N3O3. The van der Waals surface area contributed by atoms with Crippen molar-refractivity contribution in [2.75, 3.05) is 6.54 Å². The molecular weight excluding hydrogens is 222 g/mol. The van der Waals surface area contributed by atoms with E-state index >= 15 is 0 Å². The van der Waals surface area contributed by atoms with E-state index in [4.69, 9.17) is 10.8 Å².